The normalized spacial score (nSPS) is 13.1. The summed E-state index contributed by atoms with van der Waals surface area (Å²) in [6.45, 7) is 2.22. The first-order chi connectivity index (χ1) is 5.22. The number of thioether (sulfide) groups is 1. The molecule has 0 N–H and O–H groups in total. The molecule has 0 saturated heterocycles. The third kappa shape index (κ3) is 6.23. The molecule has 0 nitrogen and oxygen atoms in total. The van der Waals surface area contributed by atoms with Gasteiger partial charge in [-0.15, -0.1) is 11.8 Å². The molecule has 0 rings (SSSR count). The summed E-state index contributed by atoms with van der Waals surface area (Å²) >= 11 is 8.78. The molecule has 0 aromatic rings. The first kappa shape index (κ1) is 12.0. The molecule has 0 unspecified atom stereocenters. The van der Waals surface area contributed by atoms with Crippen molar-refractivity contribution in [1.82, 2.24) is 0 Å². The van der Waals surface area contributed by atoms with Crippen molar-refractivity contribution in [2.24, 2.45) is 0 Å². The van der Waals surface area contributed by atoms with Crippen molar-refractivity contribution >= 4 is 43.6 Å². The van der Waals surface area contributed by atoms with Crippen molar-refractivity contribution in [3.63, 3.8) is 0 Å². The fourth-order valence-electron chi connectivity index (χ4n) is 0.739. The van der Waals surface area contributed by atoms with Gasteiger partial charge in [0.15, 0.2) is 0 Å². The van der Waals surface area contributed by atoms with Crippen LogP contribution >= 0.6 is 43.6 Å². The topological polar surface area (TPSA) is 0 Å². The van der Waals surface area contributed by atoms with E-state index < -0.39 is 0 Å². The smallest absolute Gasteiger partial charge is 0.0601 e. The number of hydrogen-bond acceptors (Lipinski definition) is 1. The fourth-order valence-corrected chi connectivity index (χ4v) is 2.03. The summed E-state index contributed by atoms with van der Waals surface area (Å²) in [6, 6.07) is 0. The molecular formula is C8H14Br2S. The lowest BCUT2D eigenvalue weighted by Gasteiger charge is -2.00. The minimum Gasteiger partial charge on any atom is -0.121 e. The highest BCUT2D eigenvalue weighted by Gasteiger charge is 1.98. The average Bonchev–Trinajstić information content (AvgIpc) is 2.03. The van der Waals surface area contributed by atoms with Crippen molar-refractivity contribution in [2.45, 2.75) is 32.6 Å². The number of unbranched alkanes of at least 4 members (excludes halogenated alkanes) is 2. The molecule has 0 fully saturated rings. The van der Waals surface area contributed by atoms with E-state index in [4.69, 9.17) is 0 Å². The predicted octanol–water partition coefficient (Wildman–Crippen LogP) is 4.89. The van der Waals surface area contributed by atoms with Gasteiger partial charge in [0.2, 0.25) is 0 Å². The molecule has 0 spiro atoms. The monoisotopic (exact) mass is 300 g/mol. The van der Waals surface area contributed by atoms with Crippen molar-refractivity contribution in [3.8, 4) is 0 Å². The second-order valence-corrected chi connectivity index (χ2v) is 5.43. The summed E-state index contributed by atoms with van der Waals surface area (Å²) in [4.78, 5) is 0. The van der Waals surface area contributed by atoms with Gasteiger partial charge in [-0.25, -0.2) is 0 Å². The van der Waals surface area contributed by atoms with Crippen LogP contribution in [0.5, 0.6) is 0 Å². The van der Waals surface area contributed by atoms with E-state index >= 15 is 0 Å². The second-order valence-electron chi connectivity index (χ2n) is 2.34. The van der Waals surface area contributed by atoms with Crippen molar-refractivity contribution < 1.29 is 0 Å². The fraction of sp³-hybridized carbons (Fsp3) is 0.750. The van der Waals surface area contributed by atoms with Crippen LogP contribution in [0.3, 0.4) is 0 Å². The Hall–Kier alpha value is 1.05. The van der Waals surface area contributed by atoms with Crippen molar-refractivity contribution in [2.75, 3.05) is 6.26 Å². The van der Waals surface area contributed by atoms with Gasteiger partial charge in [-0.1, -0.05) is 35.7 Å². The highest BCUT2D eigenvalue weighted by atomic mass is 79.9. The maximum absolute atomic E-state index is 3.55. The van der Waals surface area contributed by atoms with Gasteiger partial charge in [-0.3, -0.25) is 0 Å². The standard InChI is InChI=1S/C8H14Br2S/c1-3-4-5-6-7(9)8(10)11-2/h3-6H2,1-2H3/b8-7-. The number of rotatable bonds is 5. The zero-order valence-electron chi connectivity index (χ0n) is 6.99. The van der Waals surface area contributed by atoms with Crippen LogP contribution in [0.1, 0.15) is 32.6 Å². The number of halogens is 2. The lowest BCUT2D eigenvalue weighted by molar-refractivity contribution is 0.727. The third-order valence-corrected chi connectivity index (χ3v) is 5.03. The molecule has 0 bridgehead atoms. The van der Waals surface area contributed by atoms with E-state index in [-0.39, 0.29) is 0 Å². The average molecular weight is 302 g/mol. The minimum absolute atomic E-state index is 1.16. The van der Waals surface area contributed by atoms with Gasteiger partial charge in [0.05, 0.1) is 3.81 Å². The molecular weight excluding hydrogens is 288 g/mol. The lowest BCUT2D eigenvalue weighted by Crippen LogP contribution is -1.77. The summed E-state index contributed by atoms with van der Waals surface area (Å²) in [5.41, 5.74) is 0. The first-order valence-corrected chi connectivity index (χ1v) is 6.61. The molecule has 66 valence electrons. The zero-order chi connectivity index (χ0) is 8.69. The SMILES string of the molecule is CCCCC/C(Br)=C(\Br)SC. The van der Waals surface area contributed by atoms with Crippen LogP contribution in [0.4, 0.5) is 0 Å². The maximum atomic E-state index is 3.55. The van der Waals surface area contributed by atoms with Gasteiger partial charge >= 0.3 is 0 Å². The Balaban J connectivity index is 3.58. The lowest BCUT2D eigenvalue weighted by atomic mass is 10.2. The Kier molecular flexibility index (Phi) is 8.42. The van der Waals surface area contributed by atoms with Crippen LogP contribution in [0.2, 0.25) is 0 Å². The van der Waals surface area contributed by atoms with Crippen molar-refractivity contribution in [1.29, 1.82) is 0 Å². The van der Waals surface area contributed by atoms with Crippen LogP contribution in [-0.2, 0) is 0 Å². The molecule has 0 radical (unpaired) electrons. The van der Waals surface area contributed by atoms with Gasteiger partial charge in [0.25, 0.3) is 0 Å². The van der Waals surface area contributed by atoms with Gasteiger partial charge in [-0.05, 0) is 35.0 Å². The molecule has 0 heterocycles. The zero-order valence-corrected chi connectivity index (χ0v) is 11.0. The van der Waals surface area contributed by atoms with Gasteiger partial charge in [0, 0.05) is 4.48 Å². The third-order valence-electron chi connectivity index (χ3n) is 1.39. The molecule has 3 heteroatoms. The molecule has 0 saturated carbocycles. The van der Waals surface area contributed by atoms with Crippen LogP contribution < -0.4 is 0 Å². The minimum atomic E-state index is 1.16. The highest BCUT2D eigenvalue weighted by molar-refractivity contribution is 9.15. The highest BCUT2D eigenvalue weighted by Crippen LogP contribution is 2.30. The number of hydrogen-bond donors (Lipinski definition) is 0. The molecule has 0 amide bonds. The van der Waals surface area contributed by atoms with E-state index in [9.17, 15) is 0 Å². The largest absolute Gasteiger partial charge is 0.121 e. The molecule has 0 aliphatic heterocycles. The molecule has 0 aliphatic carbocycles. The second kappa shape index (κ2) is 7.69. The summed E-state index contributed by atoms with van der Waals surface area (Å²) in [5.74, 6) is 0. The van der Waals surface area contributed by atoms with E-state index in [1.54, 1.807) is 11.8 Å². The van der Waals surface area contributed by atoms with Crippen LogP contribution in [-0.4, -0.2) is 6.26 Å². The van der Waals surface area contributed by atoms with E-state index in [1.165, 1.54) is 27.6 Å². The van der Waals surface area contributed by atoms with Crippen LogP contribution in [0, 0.1) is 0 Å². The Bertz CT molecular complexity index is 132. The summed E-state index contributed by atoms with van der Waals surface area (Å²) < 4.78 is 2.53. The van der Waals surface area contributed by atoms with Gasteiger partial charge in [0.1, 0.15) is 0 Å². The Morgan fingerprint density at radius 3 is 2.36 bits per heavy atom. The Morgan fingerprint density at radius 2 is 1.91 bits per heavy atom. The number of allylic oxidation sites excluding steroid dienone is 1. The van der Waals surface area contributed by atoms with E-state index in [0.717, 1.165) is 6.42 Å². The summed E-state index contributed by atoms with van der Waals surface area (Å²) in [5, 5.41) is 0. The molecule has 0 aromatic carbocycles. The van der Waals surface area contributed by atoms with Crippen LogP contribution in [0.15, 0.2) is 8.30 Å². The van der Waals surface area contributed by atoms with E-state index in [1.807, 2.05) is 0 Å². The van der Waals surface area contributed by atoms with Crippen LogP contribution in [0.25, 0.3) is 0 Å². The Labute approximate surface area is 90.5 Å². The summed E-state index contributed by atoms with van der Waals surface area (Å²) in [6.07, 6.45) is 7.13. The van der Waals surface area contributed by atoms with Gasteiger partial charge in [-0.2, -0.15) is 0 Å². The molecule has 11 heavy (non-hydrogen) atoms. The molecule has 0 aromatic heterocycles. The van der Waals surface area contributed by atoms with E-state index in [0.29, 0.717) is 0 Å². The Morgan fingerprint density at radius 1 is 1.27 bits per heavy atom. The summed E-state index contributed by atoms with van der Waals surface area (Å²) in [7, 11) is 0. The van der Waals surface area contributed by atoms with Gasteiger partial charge < -0.3 is 0 Å². The molecule has 0 atom stereocenters. The molecule has 0 aliphatic rings. The first-order valence-electron chi connectivity index (χ1n) is 3.80. The van der Waals surface area contributed by atoms with E-state index in [2.05, 4.69) is 45.0 Å². The predicted molar refractivity (Wildman–Crippen MR) is 62.5 cm³/mol. The maximum Gasteiger partial charge on any atom is 0.0601 e. The van der Waals surface area contributed by atoms with Crippen molar-refractivity contribution in [3.05, 3.63) is 8.30 Å². The quantitative estimate of drug-likeness (QED) is 0.652.